The smallest absolute Gasteiger partial charge is 0.153 e. The molecule has 0 fully saturated rings. The second-order valence-corrected chi connectivity index (χ2v) is 6.97. The summed E-state index contributed by atoms with van der Waals surface area (Å²) in [7, 11) is 0. The van der Waals surface area contributed by atoms with E-state index in [1.54, 1.807) is 0 Å². The molecule has 0 bridgehead atoms. The molecule has 128 valence electrons. The largest absolute Gasteiger partial charge is 0.454 e. The SMILES string of the molecule is Cc1ccc(-c2nc3ccccc3n2C(C)C)c2oc3cccnc3c12. The first-order chi connectivity index (χ1) is 12.6. The number of aryl methyl sites for hydroxylation is 1. The highest BCUT2D eigenvalue weighted by atomic mass is 16.3. The summed E-state index contributed by atoms with van der Waals surface area (Å²) in [5, 5.41) is 1.07. The van der Waals surface area contributed by atoms with Gasteiger partial charge in [0.15, 0.2) is 5.58 Å². The molecule has 0 unspecified atom stereocenters. The van der Waals surface area contributed by atoms with Crippen LogP contribution in [0.15, 0.2) is 59.1 Å². The molecule has 0 aliphatic heterocycles. The average Bonchev–Trinajstić information content (AvgIpc) is 3.21. The van der Waals surface area contributed by atoms with E-state index < -0.39 is 0 Å². The Morgan fingerprint density at radius 1 is 1.00 bits per heavy atom. The summed E-state index contributed by atoms with van der Waals surface area (Å²) in [6, 6.07) is 16.7. The maximum atomic E-state index is 6.23. The quantitative estimate of drug-likeness (QED) is 0.402. The van der Waals surface area contributed by atoms with Gasteiger partial charge < -0.3 is 8.98 Å². The van der Waals surface area contributed by atoms with E-state index in [0.29, 0.717) is 0 Å². The lowest BCUT2D eigenvalue weighted by Crippen LogP contribution is -2.03. The maximum Gasteiger partial charge on any atom is 0.153 e. The van der Waals surface area contributed by atoms with Crippen molar-refractivity contribution in [2.75, 3.05) is 0 Å². The first-order valence-corrected chi connectivity index (χ1v) is 8.89. The van der Waals surface area contributed by atoms with Crippen molar-refractivity contribution in [2.24, 2.45) is 0 Å². The maximum absolute atomic E-state index is 6.23. The molecule has 26 heavy (non-hydrogen) atoms. The second kappa shape index (κ2) is 5.43. The van der Waals surface area contributed by atoms with E-state index in [9.17, 15) is 0 Å². The van der Waals surface area contributed by atoms with Crippen LogP contribution in [0.5, 0.6) is 0 Å². The van der Waals surface area contributed by atoms with Crippen molar-refractivity contribution < 1.29 is 4.42 Å². The summed E-state index contributed by atoms with van der Waals surface area (Å²) in [4.78, 5) is 9.48. The summed E-state index contributed by atoms with van der Waals surface area (Å²) >= 11 is 0. The molecule has 5 aromatic rings. The first-order valence-electron chi connectivity index (χ1n) is 8.89. The molecular weight excluding hydrogens is 322 g/mol. The predicted octanol–water partition coefficient (Wildman–Crippen LogP) is 5.89. The number of imidazole rings is 1. The lowest BCUT2D eigenvalue weighted by molar-refractivity contribution is 0.622. The minimum absolute atomic E-state index is 0.288. The molecule has 5 rings (SSSR count). The van der Waals surface area contributed by atoms with Gasteiger partial charge in [-0.3, -0.25) is 4.98 Å². The van der Waals surface area contributed by atoms with E-state index >= 15 is 0 Å². The van der Waals surface area contributed by atoms with E-state index in [1.807, 2.05) is 24.4 Å². The van der Waals surface area contributed by atoms with Crippen molar-refractivity contribution in [3.8, 4) is 11.4 Å². The number of furan rings is 1. The summed E-state index contributed by atoms with van der Waals surface area (Å²) in [6.45, 7) is 6.47. The van der Waals surface area contributed by atoms with E-state index in [-0.39, 0.29) is 6.04 Å². The van der Waals surface area contributed by atoms with Crippen LogP contribution in [0.2, 0.25) is 0 Å². The van der Waals surface area contributed by atoms with Gasteiger partial charge in [0.25, 0.3) is 0 Å². The third kappa shape index (κ3) is 2.02. The Kier molecular flexibility index (Phi) is 3.16. The van der Waals surface area contributed by atoms with Gasteiger partial charge in [0.2, 0.25) is 0 Å². The number of benzene rings is 2. The summed E-state index contributed by atoms with van der Waals surface area (Å²) in [6.07, 6.45) is 1.81. The van der Waals surface area contributed by atoms with Gasteiger partial charge in [-0.15, -0.1) is 0 Å². The Labute approximate surface area is 151 Å². The number of rotatable bonds is 2. The highest BCUT2D eigenvalue weighted by molar-refractivity contribution is 6.09. The lowest BCUT2D eigenvalue weighted by Gasteiger charge is -2.13. The Hall–Kier alpha value is -3.14. The molecular formula is C22H19N3O. The van der Waals surface area contributed by atoms with Crippen LogP contribution in [0.3, 0.4) is 0 Å². The number of para-hydroxylation sites is 2. The van der Waals surface area contributed by atoms with Crippen molar-refractivity contribution >= 4 is 33.1 Å². The number of aromatic nitrogens is 3. The van der Waals surface area contributed by atoms with Crippen LogP contribution in [0, 0.1) is 6.92 Å². The van der Waals surface area contributed by atoms with E-state index in [0.717, 1.165) is 50.1 Å². The minimum atomic E-state index is 0.288. The molecule has 4 heteroatoms. The molecule has 0 aliphatic rings. The van der Waals surface area contributed by atoms with Gasteiger partial charge in [0, 0.05) is 12.2 Å². The average molecular weight is 341 g/mol. The topological polar surface area (TPSA) is 43.9 Å². The fourth-order valence-electron chi connectivity index (χ4n) is 3.79. The molecule has 3 aromatic heterocycles. The van der Waals surface area contributed by atoms with Gasteiger partial charge >= 0.3 is 0 Å². The molecule has 0 N–H and O–H groups in total. The fraction of sp³-hybridized carbons (Fsp3) is 0.182. The van der Waals surface area contributed by atoms with Crippen LogP contribution < -0.4 is 0 Å². The number of nitrogens with zero attached hydrogens (tertiary/aromatic N) is 3. The molecule has 0 radical (unpaired) electrons. The molecule has 2 aromatic carbocycles. The highest BCUT2D eigenvalue weighted by Gasteiger charge is 2.21. The molecule has 0 aliphatic carbocycles. The number of hydrogen-bond donors (Lipinski definition) is 0. The molecule has 0 saturated carbocycles. The van der Waals surface area contributed by atoms with Crippen LogP contribution in [0.1, 0.15) is 25.5 Å². The van der Waals surface area contributed by atoms with E-state index in [1.165, 1.54) is 0 Å². The van der Waals surface area contributed by atoms with Crippen LogP contribution in [0.25, 0.3) is 44.5 Å². The standard InChI is InChI=1S/C22H19N3O/c1-13(2)25-17-8-5-4-7-16(17)24-22(25)15-11-10-14(3)19-20-18(26-21(15)19)9-6-12-23-20/h4-13H,1-3H3. The van der Waals surface area contributed by atoms with Crippen molar-refractivity contribution in [2.45, 2.75) is 26.8 Å². The first kappa shape index (κ1) is 15.1. The van der Waals surface area contributed by atoms with E-state index in [2.05, 4.69) is 60.7 Å². The number of pyridine rings is 1. The predicted molar refractivity (Wildman–Crippen MR) is 105 cm³/mol. The minimum Gasteiger partial charge on any atom is -0.454 e. The Morgan fingerprint density at radius 2 is 1.85 bits per heavy atom. The van der Waals surface area contributed by atoms with Crippen molar-refractivity contribution in [1.82, 2.24) is 14.5 Å². The fourth-order valence-corrected chi connectivity index (χ4v) is 3.79. The van der Waals surface area contributed by atoms with Gasteiger partial charge in [-0.1, -0.05) is 18.2 Å². The van der Waals surface area contributed by atoms with Crippen molar-refractivity contribution in [3.63, 3.8) is 0 Å². The third-order valence-electron chi connectivity index (χ3n) is 4.94. The molecule has 0 spiro atoms. The third-order valence-corrected chi connectivity index (χ3v) is 4.94. The molecule has 4 nitrogen and oxygen atoms in total. The number of hydrogen-bond acceptors (Lipinski definition) is 3. The van der Waals surface area contributed by atoms with Crippen LogP contribution in [-0.2, 0) is 0 Å². The summed E-state index contributed by atoms with van der Waals surface area (Å²) in [5.74, 6) is 0.935. The summed E-state index contributed by atoms with van der Waals surface area (Å²) < 4.78 is 8.51. The summed E-state index contributed by atoms with van der Waals surface area (Å²) in [5.41, 5.74) is 6.89. The molecule has 0 saturated heterocycles. The van der Waals surface area contributed by atoms with Crippen LogP contribution in [0.4, 0.5) is 0 Å². The normalized spacial score (nSPS) is 12.0. The Morgan fingerprint density at radius 3 is 2.69 bits per heavy atom. The van der Waals surface area contributed by atoms with Crippen LogP contribution in [-0.4, -0.2) is 14.5 Å². The molecule has 3 heterocycles. The zero-order valence-electron chi connectivity index (χ0n) is 15.0. The van der Waals surface area contributed by atoms with Crippen LogP contribution >= 0.6 is 0 Å². The van der Waals surface area contributed by atoms with Gasteiger partial charge in [0.05, 0.1) is 22.0 Å². The second-order valence-electron chi connectivity index (χ2n) is 6.97. The van der Waals surface area contributed by atoms with E-state index in [4.69, 9.17) is 9.40 Å². The lowest BCUT2D eigenvalue weighted by atomic mass is 10.1. The van der Waals surface area contributed by atoms with Gasteiger partial charge in [-0.25, -0.2) is 4.98 Å². The Balaban J connectivity index is 1.93. The van der Waals surface area contributed by atoms with Gasteiger partial charge in [-0.05, 0) is 56.7 Å². The molecule has 0 atom stereocenters. The van der Waals surface area contributed by atoms with Crippen molar-refractivity contribution in [3.05, 3.63) is 60.3 Å². The Bertz CT molecular complexity index is 1280. The number of fused-ring (bicyclic) bond motifs is 4. The van der Waals surface area contributed by atoms with Gasteiger partial charge in [-0.2, -0.15) is 0 Å². The zero-order valence-corrected chi connectivity index (χ0v) is 15.0. The van der Waals surface area contributed by atoms with Crippen molar-refractivity contribution in [1.29, 1.82) is 0 Å². The van der Waals surface area contributed by atoms with Gasteiger partial charge in [0.1, 0.15) is 16.9 Å². The monoisotopic (exact) mass is 341 g/mol. The molecule has 0 amide bonds. The highest BCUT2D eigenvalue weighted by Crippen LogP contribution is 2.38. The zero-order chi connectivity index (χ0) is 17.8.